The van der Waals surface area contributed by atoms with Crippen LogP contribution in [0.5, 0.6) is 11.5 Å². The molecule has 0 saturated carbocycles. The Balaban J connectivity index is 1.48. The average molecular weight is 509 g/mol. The van der Waals surface area contributed by atoms with Crippen molar-refractivity contribution in [1.82, 2.24) is 0 Å². The van der Waals surface area contributed by atoms with Gasteiger partial charge in [-0.15, -0.1) is 0 Å². The Bertz CT molecular complexity index is 1380. The number of hydrogen-bond donors (Lipinski definition) is 1. The Morgan fingerprint density at radius 2 is 1.64 bits per heavy atom. The molecule has 0 radical (unpaired) electrons. The van der Waals surface area contributed by atoms with Crippen LogP contribution in [0.15, 0.2) is 71.6 Å². The van der Waals surface area contributed by atoms with Crippen LogP contribution >= 0.6 is 0 Å². The summed E-state index contributed by atoms with van der Waals surface area (Å²) in [7, 11) is -1.81. The molecule has 36 heavy (non-hydrogen) atoms. The number of benzene rings is 3. The number of rotatable bonds is 10. The first-order valence-electron chi connectivity index (χ1n) is 11.5. The van der Waals surface area contributed by atoms with E-state index in [0.29, 0.717) is 36.3 Å². The van der Waals surface area contributed by atoms with Gasteiger partial charge in [0.2, 0.25) is 0 Å². The van der Waals surface area contributed by atoms with Crippen LogP contribution in [0, 0.1) is 5.41 Å². The van der Waals surface area contributed by atoms with Gasteiger partial charge in [-0.3, -0.25) is 9.59 Å². The summed E-state index contributed by atoms with van der Waals surface area (Å²) in [6.45, 7) is 0.232. The third-order valence-corrected chi connectivity index (χ3v) is 7.70. The lowest BCUT2D eigenvalue weighted by molar-refractivity contribution is -0.148. The quantitative estimate of drug-likeness (QED) is 0.410. The Morgan fingerprint density at radius 3 is 2.25 bits per heavy atom. The molecular formula is C28H28O7S. The van der Waals surface area contributed by atoms with Crippen LogP contribution < -0.4 is 9.47 Å². The zero-order valence-corrected chi connectivity index (χ0v) is 21.0. The molecule has 0 saturated heterocycles. The summed E-state index contributed by atoms with van der Waals surface area (Å²) in [5, 5.41) is 10.0. The molecule has 8 heteroatoms. The summed E-state index contributed by atoms with van der Waals surface area (Å²) < 4.78 is 34.9. The lowest BCUT2D eigenvalue weighted by Crippen LogP contribution is -2.34. The molecule has 0 unspecified atom stereocenters. The van der Waals surface area contributed by atoms with Crippen LogP contribution in [0.25, 0.3) is 0 Å². The first kappa shape index (κ1) is 25.4. The van der Waals surface area contributed by atoms with Gasteiger partial charge in [0.15, 0.2) is 27.1 Å². The number of carboxylic acids is 1. The number of methoxy groups -OCH3 is 1. The molecule has 3 aromatic rings. The van der Waals surface area contributed by atoms with Gasteiger partial charge < -0.3 is 14.6 Å². The van der Waals surface area contributed by atoms with Gasteiger partial charge in [0.1, 0.15) is 0 Å². The third-order valence-electron chi connectivity index (χ3n) is 6.59. The van der Waals surface area contributed by atoms with Gasteiger partial charge in [0.25, 0.3) is 0 Å². The van der Waals surface area contributed by atoms with Crippen molar-refractivity contribution in [1.29, 1.82) is 0 Å². The van der Waals surface area contributed by atoms with E-state index in [0.717, 1.165) is 22.9 Å². The molecule has 0 aliphatic heterocycles. The summed E-state index contributed by atoms with van der Waals surface area (Å²) in [5.41, 5.74) is 1.90. The third kappa shape index (κ3) is 5.44. The maximum atomic E-state index is 13.2. The van der Waals surface area contributed by atoms with Crippen LogP contribution in [0.1, 0.15) is 33.5 Å². The fourth-order valence-corrected chi connectivity index (χ4v) is 5.32. The van der Waals surface area contributed by atoms with Crippen molar-refractivity contribution in [2.24, 2.45) is 5.41 Å². The normalized spacial score (nSPS) is 14.2. The largest absolute Gasteiger partial charge is 0.493 e. The van der Waals surface area contributed by atoms with Crippen molar-refractivity contribution >= 4 is 21.6 Å². The smallest absolute Gasteiger partial charge is 0.310 e. The van der Waals surface area contributed by atoms with Crippen molar-refractivity contribution in [2.75, 3.05) is 20.0 Å². The molecule has 0 bridgehead atoms. The number of hydrogen-bond acceptors (Lipinski definition) is 6. The molecule has 0 amide bonds. The van der Waals surface area contributed by atoms with Crippen LogP contribution in [0.4, 0.5) is 0 Å². The number of sulfone groups is 1. The summed E-state index contributed by atoms with van der Waals surface area (Å²) in [4.78, 5) is 25.7. The molecule has 3 aromatic carbocycles. The number of carbonyl (C=O) groups is 2. The second-order valence-electron chi connectivity index (χ2n) is 9.19. The number of aliphatic carboxylic acids is 1. The minimum absolute atomic E-state index is 0.124. The number of carboxylic acid groups (broad SMARTS) is 1. The zero-order chi connectivity index (χ0) is 25.9. The van der Waals surface area contributed by atoms with Gasteiger partial charge in [-0.2, -0.15) is 0 Å². The zero-order valence-electron chi connectivity index (χ0n) is 20.2. The first-order valence-corrected chi connectivity index (χ1v) is 13.4. The number of ketones is 1. The second-order valence-corrected chi connectivity index (χ2v) is 11.2. The predicted octanol–water partition coefficient (Wildman–Crippen LogP) is 4.16. The van der Waals surface area contributed by atoms with Crippen molar-refractivity contribution in [2.45, 2.75) is 30.6 Å². The molecule has 0 heterocycles. The average Bonchev–Trinajstić information content (AvgIpc) is 3.23. The van der Waals surface area contributed by atoms with E-state index in [4.69, 9.17) is 9.47 Å². The molecule has 1 aliphatic rings. The van der Waals surface area contributed by atoms with Crippen molar-refractivity contribution in [3.63, 3.8) is 0 Å². The molecule has 0 atom stereocenters. The topological polar surface area (TPSA) is 107 Å². The molecule has 0 aromatic heterocycles. The monoisotopic (exact) mass is 508 g/mol. The van der Waals surface area contributed by atoms with Crippen LogP contribution in [-0.2, 0) is 33.9 Å². The van der Waals surface area contributed by atoms with Gasteiger partial charge in [-0.05, 0) is 59.9 Å². The maximum absolute atomic E-state index is 13.2. The van der Waals surface area contributed by atoms with E-state index in [-0.39, 0.29) is 23.7 Å². The molecule has 0 fully saturated rings. The highest BCUT2D eigenvalue weighted by atomic mass is 32.2. The lowest BCUT2D eigenvalue weighted by atomic mass is 9.79. The fourth-order valence-electron chi connectivity index (χ4n) is 4.63. The summed E-state index contributed by atoms with van der Waals surface area (Å²) in [6, 6.07) is 19.1. The Hall–Kier alpha value is -3.65. The van der Waals surface area contributed by atoms with Gasteiger partial charge in [0, 0.05) is 24.7 Å². The van der Waals surface area contributed by atoms with E-state index in [1.807, 2.05) is 30.3 Å². The molecule has 7 nitrogen and oxygen atoms in total. The molecule has 1 N–H and O–H groups in total. The van der Waals surface area contributed by atoms with E-state index >= 15 is 0 Å². The Morgan fingerprint density at radius 1 is 0.944 bits per heavy atom. The Labute approximate surface area is 210 Å². The van der Waals surface area contributed by atoms with Crippen LogP contribution in [-0.4, -0.2) is 45.2 Å². The standard InChI is InChI=1S/C28H28O7S/c1-34-25-11-10-20(15-26(25)35-13-12-19-6-5-9-23(14-19)36(2,32)33)24(29)18-28(27(30)31)16-21-7-3-4-8-22(21)17-28/h3-11,14-15H,12-13,16-18H2,1-2H3,(H,30,31). The van der Waals surface area contributed by atoms with E-state index in [9.17, 15) is 23.1 Å². The van der Waals surface area contributed by atoms with Crippen molar-refractivity contribution < 1.29 is 32.6 Å². The summed E-state index contributed by atoms with van der Waals surface area (Å²) in [6.07, 6.45) is 2.12. The highest BCUT2D eigenvalue weighted by Gasteiger charge is 2.45. The first-order chi connectivity index (χ1) is 17.1. The molecule has 4 rings (SSSR count). The number of Topliss-reactive ketones (excluding diaryl/α,β-unsaturated/α-hetero) is 1. The van der Waals surface area contributed by atoms with E-state index < -0.39 is 21.2 Å². The van der Waals surface area contributed by atoms with Crippen molar-refractivity contribution in [3.8, 4) is 11.5 Å². The number of fused-ring (bicyclic) bond motifs is 1. The predicted molar refractivity (Wildman–Crippen MR) is 135 cm³/mol. The van der Waals surface area contributed by atoms with E-state index in [2.05, 4.69) is 0 Å². The van der Waals surface area contributed by atoms with Crippen LogP contribution in [0.3, 0.4) is 0 Å². The highest BCUT2D eigenvalue weighted by Crippen LogP contribution is 2.41. The maximum Gasteiger partial charge on any atom is 0.310 e. The minimum atomic E-state index is -3.31. The molecule has 188 valence electrons. The second kappa shape index (κ2) is 10.1. The van der Waals surface area contributed by atoms with E-state index in [1.165, 1.54) is 7.11 Å². The van der Waals surface area contributed by atoms with Gasteiger partial charge in [-0.25, -0.2) is 8.42 Å². The van der Waals surface area contributed by atoms with Crippen molar-refractivity contribution in [3.05, 3.63) is 89.0 Å². The SMILES string of the molecule is COc1ccc(C(=O)CC2(C(=O)O)Cc3ccccc3C2)cc1OCCc1cccc(S(C)(=O)=O)c1. The van der Waals surface area contributed by atoms with Gasteiger partial charge in [-0.1, -0.05) is 36.4 Å². The number of carbonyl (C=O) groups excluding carboxylic acids is 1. The highest BCUT2D eigenvalue weighted by molar-refractivity contribution is 7.90. The Kier molecular flexibility index (Phi) is 7.17. The van der Waals surface area contributed by atoms with Crippen LogP contribution in [0.2, 0.25) is 0 Å². The molecular weight excluding hydrogens is 480 g/mol. The summed E-state index contributed by atoms with van der Waals surface area (Å²) >= 11 is 0. The minimum Gasteiger partial charge on any atom is -0.493 e. The number of ether oxygens (including phenoxy) is 2. The molecule has 0 spiro atoms. The molecule has 1 aliphatic carbocycles. The van der Waals surface area contributed by atoms with Gasteiger partial charge in [0.05, 0.1) is 24.0 Å². The lowest BCUT2D eigenvalue weighted by Gasteiger charge is -2.23. The fraction of sp³-hybridized carbons (Fsp3) is 0.286. The van der Waals surface area contributed by atoms with Gasteiger partial charge >= 0.3 is 5.97 Å². The van der Waals surface area contributed by atoms with E-state index in [1.54, 1.807) is 36.4 Å². The summed E-state index contributed by atoms with van der Waals surface area (Å²) in [5.74, 6) is -0.453.